The topological polar surface area (TPSA) is 70.9 Å². The first kappa shape index (κ1) is 20.5. The molecule has 1 aromatic rings. The number of allylic oxidation sites excluding steroid dienone is 1. The van der Waals surface area contributed by atoms with Crippen LogP contribution in [0.4, 0.5) is 27.9 Å². The third kappa shape index (κ3) is 5.09. The molecule has 1 aromatic heterocycles. The van der Waals surface area contributed by atoms with E-state index >= 15 is 0 Å². The normalized spacial score (nSPS) is 21.5. The van der Waals surface area contributed by atoms with Crippen molar-refractivity contribution in [2.24, 2.45) is 5.92 Å². The molecular weight excluding hydrogens is 359 g/mol. The van der Waals surface area contributed by atoms with Crippen LogP contribution in [0.5, 0.6) is 0 Å². The van der Waals surface area contributed by atoms with Crippen LogP contribution in [-0.4, -0.2) is 44.3 Å². The lowest BCUT2D eigenvalue weighted by atomic mass is 9.93. The molecule has 1 aliphatic rings. The van der Waals surface area contributed by atoms with Gasteiger partial charge in [-0.25, -0.2) is 13.8 Å². The van der Waals surface area contributed by atoms with E-state index in [-0.39, 0.29) is 35.6 Å². The van der Waals surface area contributed by atoms with Crippen molar-refractivity contribution in [1.82, 2.24) is 15.0 Å². The van der Waals surface area contributed by atoms with Crippen molar-refractivity contribution >= 4 is 11.5 Å². The number of alkyl halides is 5. The Morgan fingerprint density at radius 1 is 1.23 bits per heavy atom. The number of nitrogens with zero attached hydrogens (tertiary/aromatic N) is 3. The molecule has 0 aromatic carbocycles. The van der Waals surface area contributed by atoms with Gasteiger partial charge in [0.05, 0.1) is 5.92 Å². The minimum absolute atomic E-state index is 0.00192. The van der Waals surface area contributed by atoms with Gasteiger partial charge >= 0.3 is 6.18 Å². The summed E-state index contributed by atoms with van der Waals surface area (Å²) in [5.41, 5.74) is 0.263. The number of aromatic nitrogens is 3. The van der Waals surface area contributed by atoms with Gasteiger partial charge in [0, 0.05) is 18.9 Å². The first-order valence-electron chi connectivity index (χ1n) is 8.23. The number of aliphatic hydroxyl groups is 1. The molecule has 0 saturated heterocycles. The molecule has 0 spiro atoms. The maximum Gasteiger partial charge on any atom is 0.391 e. The lowest BCUT2D eigenvalue weighted by Crippen LogP contribution is -2.34. The Kier molecular flexibility index (Phi) is 5.84. The van der Waals surface area contributed by atoms with Crippen LogP contribution >= 0.6 is 0 Å². The van der Waals surface area contributed by atoms with Gasteiger partial charge in [0.1, 0.15) is 11.9 Å². The van der Waals surface area contributed by atoms with Gasteiger partial charge in [0.2, 0.25) is 5.95 Å². The SMILES string of the molecule is CC(C)Nc1nc(C[C@H](C)C(F)(F)F)nc(C2=C[C@@H](O)C(F)(F)CC2)n1. The third-order valence-electron chi connectivity index (χ3n) is 3.95. The van der Waals surface area contributed by atoms with Crippen LogP contribution in [0.25, 0.3) is 5.57 Å². The summed E-state index contributed by atoms with van der Waals surface area (Å²) < 4.78 is 65.3. The quantitative estimate of drug-likeness (QED) is 0.764. The molecule has 0 fully saturated rings. The molecule has 2 N–H and O–H groups in total. The molecule has 26 heavy (non-hydrogen) atoms. The fourth-order valence-corrected chi connectivity index (χ4v) is 2.40. The molecule has 1 aliphatic carbocycles. The highest BCUT2D eigenvalue weighted by Crippen LogP contribution is 2.36. The van der Waals surface area contributed by atoms with E-state index in [2.05, 4.69) is 20.3 Å². The van der Waals surface area contributed by atoms with Crippen molar-refractivity contribution < 1.29 is 27.1 Å². The Morgan fingerprint density at radius 3 is 2.42 bits per heavy atom. The van der Waals surface area contributed by atoms with Crippen LogP contribution in [0.15, 0.2) is 6.08 Å². The lowest BCUT2D eigenvalue weighted by Gasteiger charge is -2.26. The molecule has 5 nitrogen and oxygen atoms in total. The second-order valence-corrected chi connectivity index (χ2v) is 6.74. The van der Waals surface area contributed by atoms with E-state index in [1.54, 1.807) is 13.8 Å². The molecule has 0 bridgehead atoms. The summed E-state index contributed by atoms with van der Waals surface area (Å²) in [6, 6.07) is -0.0894. The highest BCUT2D eigenvalue weighted by molar-refractivity contribution is 5.62. The second-order valence-electron chi connectivity index (χ2n) is 6.74. The van der Waals surface area contributed by atoms with Crippen molar-refractivity contribution in [3.63, 3.8) is 0 Å². The zero-order valence-electron chi connectivity index (χ0n) is 14.6. The van der Waals surface area contributed by atoms with Crippen LogP contribution in [-0.2, 0) is 6.42 Å². The predicted molar refractivity (Wildman–Crippen MR) is 85.7 cm³/mol. The highest BCUT2D eigenvalue weighted by Gasteiger charge is 2.41. The summed E-state index contributed by atoms with van der Waals surface area (Å²) in [7, 11) is 0. The molecule has 1 heterocycles. The van der Waals surface area contributed by atoms with Gasteiger partial charge in [0.15, 0.2) is 5.82 Å². The molecule has 2 rings (SSSR count). The Labute approximate surface area is 147 Å². The number of rotatable bonds is 5. The largest absolute Gasteiger partial charge is 0.391 e. The van der Waals surface area contributed by atoms with Gasteiger partial charge in [-0.05, 0) is 31.9 Å². The fraction of sp³-hybridized carbons (Fsp3) is 0.688. The highest BCUT2D eigenvalue weighted by atomic mass is 19.4. The third-order valence-corrected chi connectivity index (χ3v) is 3.95. The summed E-state index contributed by atoms with van der Waals surface area (Å²) in [5, 5.41) is 12.4. The van der Waals surface area contributed by atoms with E-state index in [0.717, 1.165) is 13.0 Å². The van der Waals surface area contributed by atoms with Crippen LogP contribution in [0.1, 0.15) is 45.3 Å². The number of nitrogens with one attached hydrogen (secondary N) is 1. The van der Waals surface area contributed by atoms with Crippen LogP contribution in [0.3, 0.4) is 0 Å². The van der Waals surface area contributed by atoms with Crippen LogP contribution < -0.4 is 5.32 Å². The van der Waals surface area contributed by atoms with Crippen molar-refractivity contribution in [1.29, 1.82) is 0 Å². The molecule has 0 amide bonds. The molecule has 0 saturated carbocycles. The van der Waals surface area contributed by atoms with Gasteiger partial charge in [-0.3, -0.25) is 0 Å². The number of hydrogen-bond donors (Lipinski definition) is 2. The fourth-order valence-electron chi connectivity index (χ4n) is 2.40. The number of anilines is 1. The first-order chi connectivity index (χ1) is 11.9. The first-order valence-corrected chi connectivity index (χ1v) is 8.23. The average Bonchev–Trinajstić information content (AvgIpc) is 2.48. The maximum atomic E-state index is 13.4. The number of halogens is 5. The van der Waals surface area contributed by atoms with E-state index in [4.69, 9.17) is 0 Å². The van der Waals surface area contributed by atoms with E-state index in [0.29, 0.717) is 0 Å². The van der Waals surface area contributed by atoms with Gasteiger partial charge in [-0.15, -0.1) is 0 Å². The number of aliphatic hydroxyl groups excluding tert-OH is 1. The van der Waals surface area contributed by atoms with Gasteiger partial charge in [-0.2, -0.15) is 23.1 Å². The Hall–Kier alpha value is -1.84. The van der Waals surface area contributed by atoms with Gasteiger partial charge in [-0.1, -0.05) is 6.92 Å². The van der Waals surface area contributed by atoms with Crippen LogP contribution in [0.2, 0.25) is 0 Å². The van der Waals surface area contributed by atoms with E-state index in [9.17, 15) is 27.1 Å². The summed E-state index contributed by atoms with van der Waals surface area (Å²) in [6.45, 7) is 4.61. The van der Waals surface area contributed by atoms with Crippen molar-refractivity contribution in [3.05, 3.63) is 17.7 Å². The molecule has 0 unspecified atom stereocenters. The van der Waals surface area contributed by atoms with Crippen molar-refractivity contribution in [3.8, 4) is 0 Å². The zero-order valence-corrected chi connectivity index (χ0v) is 14.6. The van der Waals surface area contributed by atoms with E-state index < -0.39 is 37.0 Å². The number of hydrogen-bond acceptors (Lipinski definition) is 5. The Morgan fingerprint density at radius 2 is 1.88 bits per heavy atom. The van der Waals surface area contributed by atoms with Crippen LogP contribution in [0, 0.1) is 5.92 Å². The van der Waals surface area contributed by atoms with E-state index in [1.165, 1.54) is 0 Å². The Balaban J connectivity index is 2.38. The Bertz CT molecular complexity index is 675. The summed E-state index contributed by atoms with van der Waals surface area (Å²) >= 11 is 0. The van der Waals surface area contributed by atoms with Crippen molar-refractivity contribution in [2.45, 2.75) is 64.3 Å². The van der Waals surface area contributed by atoms with Gasteiger partial charge in [0.25, 0.3) is 5.92 Å². The molecule has 0 radical (unpaired) electrons. The van der Waals surface area contributed by atoms with Crippen molar-refractivity contribution in [2.75, 3.05) is 5.32 Å². The average molecular weight is 380 g/mol. The molecule has 10 heteroatoms. The molecular formula is C16H21F5N4O. The minimum Gasteiger partial charge on any atom is -0.383 e. The lowest BCUT2D eigenvalue weighted by molar-refractivity contribution is -0.169. The van der Waals surface area contributed by atoms with Gasteiger partial charge < -0.3 is 10.4 Å². The minimum atomic E-state index is -4.40. The monoisotopic (exact) mass is 380 g/mol. The smallest absolute Gasteiger partial charge is 0.383 e. The zero-order chi connectivity index (χ0) is 19.7. The maximum absolute atomic E-state index is 13.4. The second kappa shape index (κ2) is 7.42. The molecule has 146 valence electrons. The standard InChI is InChI=1S/C16H21F5N4O/c1-8(2)22-14-24-12(6-9(3)16(19,20)21)23-13(25-14)10-4-5-15(17,18)11(26)7-10/h7-9,11,26H,4-6H2,1-3H3,(H,22,23,24,25)/t9-,11+/m0/s1. The summed E-state index contributed by atoms with van der Waals surface area (Å²) in [4.78, 5) is 12.1. The molecule has 0 aliphatic heterocycles. The summed E-state index contributed by atoms with van der Waals surface area (Å²) in [5.74, 6) is -4.93. The van der Waals surface area contributed by atoms with E-state index in [1.807, 2.05) is 0 Å². The summed E-state index contributed by atoms with van der Waals surface area (Å²) in [6.07, 6.45) is -6.58. The molecule has 2 atom stereocenters. The predicted octanol–water partition coefficient (Wildman–Crippen LogP) is 3.61.